The Bertz CT molecular complexity index is 672. The summed E-state index contributed by atoms with van der Waals surface area (Å²) in [4.78, 5) is 17.2. The molecule has 1 aliphatic carbocycles. The van der Waals surface area contributed by atoms with Gasteiger partial charge in [0.15, 0.2) is 11.6 Å². The van der Waals surface area contributed by atoms with E-state index >= 15 is 0 Å². The number of methoxy groups -OCH3 is 1. The Morgan fingerprint density at radius 2 is 1.96 bits per heavy atom. The lowest BCUT2D eigenvalue weighted by atomic mass is 9.85. The van der Waals surface area contributed by atoms with E-state index in [-0.39, 0.29) is 29.7 Å². The van der Waals surface area contributed by atoms with Crippen LogP contribution in [0.1, 0.15) is 36.5 Å². The molecule has 3 unspecified atom stereocenters. The number of halogens is 2. The van der Waals surface area contributed by atoms with Gasteiger partial charge in [0, 0.05) is 44.4 Å². The number of rotatable bonds is 5. The summed E-state index contributed by atoms with van der Waals surface area (Å²) >= 11 is 0. The molecule has 1 aromatic carbocycles. The molecule has 1 fully saturated rings. The third-order valence-electron chi connectivity index (χ3n) is 5.55. The summed E-state index contributed by atoms with van der Waals surface area (Å²) in [6.45, 7) is 4.19. The SMILES string of the molecule is CCN(C(=O)c1ccc(F)c(F)c1)C1CCC(OC)CC1N1CC=CC1. The standard InChI is InChI=1S/C20H26F2N2O2/c1-3-24(20(25)14-6-8-16(21)17(22)12-14)18-9-7-15(26-2)13-19(18)23-10-4-5-11-23/h4-6,8,12,15,18-19H,3,7,9-11,13H2,1-2H3. The molecule has 2 aliphatic rings. The first-order chi connectivity index (χ1) is 12.5. The third-order valence-corrected chi connectivity index (χ3v) is 5.55. The smallest absolute Gasteiger partial charge is 0.254 e. The average Bonchev–Trinajstić information content (AvgIpc) is 3.19. The van der Waals surface area contributed by atoms with Crippen molar-refractivity contribution in [1.82, 2.24) is 9.80 Å². The predicted molar refractivity (Wildman–Crippen MR) is 96.0 cm³/mol. The molecular formula is C20H26F2N2O2. The zero-order valence-corrected chi connectivity index (χ0v) is 15.3. The summed E-state index contributed by atoms with van der Waals surface area (Å²) in [5.74, 6) is -2.18. The molecule has 4 nitrogen and oxygen atoms in total. The van der Waals surface area contributed by atoms with Gasteiger partial charge in [-0.05, 0) is 44.4 Å². The number of nitrogens with zero attached hydrogens (tertiary/aromatic N) is 2. The highest BCUT2D eigenvalue weighted by Crippen LogP contribution is 2.31. The van der Waals surface area contributed by atoms with Crippen LogP contribution < -0.4 is 0 Å². The van der Waals surface area contributed by atoms with Crippen LogP contribution in [0.15, 0.2) is 30.4 Å². The average molecular weight is 364 g/mol. The Morgan fingerprint density at radius 1 is 1.23 bits per heavy atom. The second-order valence-electron chi connectivity index (χ2n) is 6.95. The summed E-state index contributed by atoms with van der Waals surface area (Å²) in [7, 11) is 1.73. The van der Waals surface area contributed by atoms with Gasteiger partial charge in [-0.15, -0.1) is 0 Å². The molecule has 142 valence electrons. The van der Waals surface area contributed by atoms with Gasteiger partial charge in [-0.25, -0.2) is 8.78 Å². The number of ether oxygens (including phenoxy) is 1. The fraction of sp³-hybridized carbons (Fsp3) is 0.550. The van der Waals surface area contributed by atoms with Gasteiger partial charge < -0.3 is 9.64 Å². The highest BCUT2D eigenvalue weighted by Gasteiger charge is 2.39. The summed E-state index contributed by atoms with van der Waals surface area (Å²) in [6, 6.07) is 3.59. The van der Waals surface area contributed by atoms with Crippen LogP contribution in [0, 0.1) is 11.6 Å². The van der Waals surface area contributed by atoms with Crippen molar-refractivity contribution in [3.63, 3.8) is 0 Å². The second-order valence-corrected chi connectivity index (χ2v) is 6.95. The topological polar surface area (TPSA) is 32.8 Å². The molecule has 0 aromatic heterocycles. The molecule has 0 saturated heterocycles. The molecule has 1 aromatic rings. The lowest BCUT2D eigenvalue weighted by molar-refractivity contribution is -0.00792. The Hall–Kier alpha value is -1.79. The fourth-order valence-electron chi connectivity index (χ4n) is 4.15. The van der Waals surface area contributed by atoms with E-state index in [1.54, 1.807) is 7.11 Å². The normalized spacial score (nSPS) is 26.2. The van der Waals surface area contributed by atoms with E-state index in [4.69, 9.17) is 4.74 Å². The first-order valence-electron chi connectivity index (χ1n) is 9.23. The molecule has 6 heteroatoms. The number of benzene rings is 1. The number of carbonyl (C=O) groups excluding carboxylic acids is 1. The highest BCUT2D eigenvalue weighted by molar-refractivity contribution is 5.94. The van der Waals surface area contributed by atoms with E-state index in [1.807, 2.05) is 11.8 Å². The Kier molecular flexibility index (Phi) is 6.04. The van der Waals surface area contributed by atoms with E-state index in [0.29, 0.717) is 6.54 Å². The number of carbonyl (C=O) groups is 1. The summed E-state index contributed by atoms with van der Waals surface area (Å²) in [6.07, 6.45) is 7.06. The third kappa shape index (κ3) is 3.81. The molecule has 0 spiro atoms. The molecule has 1 amide bonds. The molecule has 1 saturated carbocycles. The molecule has 3 atom stereocenters. The predicted octanol–water partition coefficient (Wildman–Crippen LogP) is 3.23. The van der Waals surface area contributed by atoms with E-state index in [0.717, 1.165) is 44.5 Å². The Morgan fingerprint density at radius 3 is 2.58 bits per heavy atom. The van der Waals surface area contributed by atoms with Crippen LogP contribution in [0.3, 0.4) is 0 Å². The maximum atomic E-state index is 13.6. The minimum atomic E-state index is -0.990. The minimum absolute atomic E-state index is 0.0342. The number of likely N-dealkylation sites (N-methyl/N-ethyl adjacent to an activating group) is 1. The van der Waals surface area contributed by atoms with Crippen molar-refractivity contribution in [2.45, 2.75) is 44.4 Å². The van der Waals surface area contributed by atoms with Gasteiger partial charge in [-0.2, -0.15) is 0 Å². The van der Waals surface area contributed by atoms with Crippen molar-refractivity contribution < 1.29 is 18.3 Å². The number of amides is 1. The van der Waals surface area contributed by atoms with Crippen LogP contribution in [0.2, 0.25) is 0 Å². The van der Waals surface area contributed by atoms with Crippen molar-refractivity contribution in [2.75, 3.05) is 26.7 Å². The highest BCUT2D eigenvalue weighted by atomic mass is 19.2. The number of hydrogen-bond donors (Lipinski definition) is 0. The first-order valence-corrected chi connectivity index (χ1v) is 9.23. The van der Waals surface area contributed by atoms with Gasteiger partial charge in [0.25, 0.3) is 5.91 Å². The van der Waals surface area contributed by atoms with Crippen molar-refractivity contribution in [3.05, 3.63) is 47.5 Å². The van der Waals surface area contributed by atoms with E-state index < -0.39 is 11.6 Å². The maximum absolute atomic E-state index is 13.6. The molecule has 0 bridgehead atoms. The van der Waals surface area contributed by atoms with Crippen molar-refractivity contribution in [1.29, 1.82) is 0 Å². The zero-order chi connectivity index (χ0) is 18.7. The van der Waals surface area contributed by atoms with Crippen LogP contribution in [0.25, 0.3) is 0 Å². The lowest BCUT2D eigenvalue weighted by Gasteiger charge is -2.45. The van der Waals surface area contributed by atoms with Crippen LogP contribution in [-0.2, 0) is 4.74 Å². The van der Waals surface area contributed by atoms with Crippen LogP contribution >= 0.6 is 0 Å². The maximum Gasteiger partial charge on any atom is 0.254 e. The van der Waals surface area contributed by atoms with E-state index in [2.05, 4.69) is 17.1 Å². The van der Waals surface area contributed by atoms with Crippen molar-refractivity contribution in [2.24, 2.45) is 0 Å². The van der Waals surface area contributed by atoms with Gasteiger partial charge >= 0.3 is 0 Å². The van der Waals surface area contributed by atoms with Gasteiger partial charge in [0.1, 0.15) is 0 Å². The van der Waals surface area contributed by atoms with Gasteiger partial charge in [0.05, 0.1) is 6.10 Å². The van der Waals surface area contributed by atoms with Crippen molar-refractivity contribution >= 4 is 5.91 Å². The first kappa shape index (κ1) is 19.0. The molecule has 3 rings (SSSR count). The molecule has 0 radical (unpaired) electrons. The molecule has 0 N–H and O–H groups in total. The Labute approximate surface area is 153 Å². The van der Waals surface area contributed by atoms with E-state index in [1.165, 1.54) is 6.07 Å². The summed E-state index contributed by atoms with van der Waals surface area (Å²) in [5.41, 5.74) is 0.193. The fourth-order valence-corrected chi connectivity index (χ4v) is 4.15. The zero-order valence-electron chi connectivity index (χ0n) is 15.3. The molecule has 26 heavy (non-hydrogen) atoms. The van der Waals surface area contributed by atoms with Gasteiger partial charge in [0.2, 0.25) is 0 Å². The summed E-state index contributed by atoms with van der Waals surface area (Å²) in [5, 5.41) is 0. The van der Waals surface area contributed by atoms with Gasteiger partial charge in [-0.1, -0.05) is 12.2 Å². The van der Waals surface area contributed by atoms with Crippen LogP contribution in [-0.4, -0.2) is 60.6 Å². The van der Waals surface area contributed by atoms with Crippen LogP contribution in [0.5, 0.6) is 0 Å². The lowest BCUT2D eigenvalue weighted by Crippen LogP contribution is -2.56. The van der Waals surface area contributed by atoms with Crippen molar-refractivity contribution in [3.8, 4) is 0 Å². The van der Waals surface area contributed by atoms with E-state index in [9.17, 15) is 13.6 Å². The van der Waals surface area contributed by atoms with Crippen LogP contribution in [0.4, 0.5) is 8.78 Å². The largest absolute Gasteiger partial charge is 0.381 e. The minimum Gasteiger partial charge on any atom is -0.381 e. The second kappa shape index (κ2) is 8.27. The quantitative estimate of drug-likeness (QED) is 0.752. The molecular weight excluding hydrogens is 338 g/mol. The molecule has 1 heterocycles. The Balaban J connectivity index is 1.83. The molecule has 1 aliphatic heterocycles. The summed E-state index contributed by atoms with van der Waals surface area (Å²) < 4.78 is 32.4. The monoisotopic (exact) mass is 364 g/mol. The van der Waals surface area contributed by atoms with Gasteiger partial charge in [-0.3, -0.25) is 9.69 Å². The number of hydrogen-bond acceptors (Lipinski definition) is 3.